The number of aliphatic hydroxyl groups excluding tert-OH is 1. The number of esters is 1. The summed E-state index contributed by atoms with van der Waals surface area (Å²) >= 11 is 3.68. The third kappa shape index (κ3) is 7.36. The maximum atomic E-state index is 14.7. The molecule has 0 radical (unpaired) electrons. The predicted molar refractivity (Wildman–Crippen MR) is 167 cm³/mol. The average molecular weight is 669 g/mol. The Morgan fingerprint density at radius 3 is 2.51 bits per heavy atom. The minimum atomic E-state index is -1.23. The first-order valence-corrected chi connectivity index (χ1v) is 16.2. The lowest BCUT2D eigenvalue weighted by molar-refractivity contribution is -0.159. The molecular formula is C32H50BrN3O7. The van der Waals surface area contributed by atoms with Crippen LogP contribution in [0.2, 0.25) is 0 Å². The molecule has 3 fully saturated rings. The molecule has 0 saturated carbocycles. The molecule has 43 heavy (non-hydrogen) atoms. The van der Waals surface area contributed by atoms with Gasteiger partial charge in [-0.3, -0.25) is 19.2 Å². The van der Waals surface area contributed by atoms with E-state index in [1.807, 2.05) is 13.8 Å². The summed E-state index contributed by atoms with van der Waals surface area (Å²) in [7, 11) is 0. The van der Waals surface area contributed by atoms with Crippen molar-refractivity contribution in [2.75, 3.05) is 26.2 Å². The molecule has 3 aliphatic rings. The first kappa shape index (κ1) is 35.2. The third-order valence-electron chi connectivity index (χ3n) is 8.60. The highest BCUT2D eigenvalue weighted by Crippen LogP contribution is 2.60. The second kappa shape index (κ2) is 13.8. The zero-order valence-corrected chi connectivity index (χ0v) is 28.2. The number of halogens is 1. The Morgan fingerprint density at radius 1 is 1.26 bits per heavy atom. The van der Waals surface area contributed by atoms with Crippen LogP contribution in [0, 0.1) is 17.3 Å². The normalized spacial score (nSPS) is 28.8. The van der Waals surface area contributed by atoms with Crippen molar-refractivity contribution in [1.82, 2.24) is 15.1 Å². The zero-order chi connectivity index (χ0) is 32.3. The van der Waals surface area contributed by atoms with Crippen LogP contribution in [0.5, 0.6) is 0 Å². The maximum Gasteiger partial charge on any atom is 0.312 e. The predicted octanol–water partition coefficient (Wildman–Crippen LogP) is 3.36. The molecule has 0 aromatic carbocycles. The van der Waals surface area contributed by atoms with Gasteiger partial charge in [0.2, 0.25) is 17.7 Å². The van der Waals surface area contributed by atoms with Crippen LogP contribution in [0.15, 0.2) is 25.3 Å². The number of fused-ring (bicyclic) bond motifs is 1. The number of carbonyl (C=O) groups is 4. The van der Waals surface area contributed by atoms with Crippen LogP contribution in [-0.2, 0) is 28.7 Å². The number of ether oxygens (including phenoxy) is 2. The molecule has 2 N–H and O–H groups in total. The molecular weight excluding hydrogens is 618 g/mol. The fourth-order valence-corrected chi connectivity index (χ4v) is 8.31. The summed E-state index contributed by atoms with van der Waals surface area (Å²) in [5.41, 5.74) is -1.88. The van der Waals surface area contributed by atoms with E-state index < -0.39 is 47.2 Å². The van der Waals surface area contributed by atoms with Crippen LogP contribution in [0.4, 0.5) is 0 Å². The van der Waals surface area contributed by atoms with E-state index in [0.717, 1.165) is 0 Å². The molecule has 2 bridgehead atoms. The summed E-state index contributed by atoms with van der Waals surface area (Å²) in [6, 6.07) is -0.972. The number of amides is 3. The molecule has 0 aliphatic carbocycles. The molecule has 11 heteroatoms. The van der Waals surface area contributed by atoms with Gasteiger partial charge in [0.25, 0.3) is 0 Å². The van der Waals surface area contributed by atoms with E-state index in [1.54, 1.807) is 24.0 Å². The number of carbonyl (C=O) groups excluding carboxylic acids is 4. The Kier molecular flexibility index (Phi) is 11.3. The smallest absolute Gasteiger partial charge is 0.312 e. The number of nitrogens with zero attached hydrogens (tertiary/aromatic N) is 2. The molecule has 3 amide bonds. The third-order valence-corrected chi connectivity index (χ3v) is 9.45. The van der Waals surface area contributed by atoms with E-state index in [-0.39, 0.29) is 60.6 Å². The average Bonchev–Trinajstić information content (AvgIpc) is 3.49. The molecule has 3 aliphatic heterocycles. The second-order valence-electron chi connectivity index (χ2n) is 13.9. The first-order valence-electron chi connectivity index (χ1n) is 15.3. The highest BCUT2D eigenvalue weighted by atomic mass is 79.9. The molecule has 242 valence electrons. The molecule has 0 aromatic rings. The van der Waals surface area contributed by atoms with Crippen molar-refractivity contribution in [2.45, 2.75) is 108 Å². The molecule has 1 unspecified atom stereocenters. The Balaban J connectivity index is 1.94. The van der Waals surface area contributed by atoms with Gasteiger partial charge in [-0.25, -0.2) is 0 Å². The lowest BCUT2D eigenvalue weighted by atomic mass is 9.70. The Hall–Kier alpha value is -2.24. The van der Waals surface area contributed by atoms with Gasteiger partial charge in [-0.2, -0.15) is 0 Å². The minimum Gasteiger partial charge on any atom is -0.460 e. The fourth-order valence-electron chi connectivity index (χ4n) is 7.36. The van der Waals surface area contributed by atoms with Crippen molar-refractivity contribution in [3.63, 3.8) is 0 Å². The van der Waals surface area contributed by atoms with Crippen molar-refractivity contribution in [3.05, 3.63) is 25.3 Å². The van der Waals surface area contributed by atoms with Gasteiger partial charge >= 0.3 is 5.97 Å². The monoisotopic (exact) mass is 667 g/mol. The molecule has 3 heterocycles. The largest absolute Gasteiger partial charge is 0.460 e. The lowest BCUT2D eigenvalue weighted by Gasteiger charge is -2.45. The zero-order valence-electron chi connectivity index (χ0n) is 26.6. The standard InChI is InChI=1S/C32H50BrN3O7/c1-9-11-13-22(38)34-18-20(3)42-29(41)23-24-27(39)35(15-12-16-37)26(32(24)17-21(33)25(23)43-32)28(40)36(14-10-2)31(7,8)19-30(4,5)6/h9-10,20-21,23-26,37H,1-2,11-19H2,3-8H3,(H,34,38)/t20-,21?,23+,24-,25+,26+,32-/m0/s1. The summed E-state index contributed by atoms with van der Waals surface area (Å²) in [4.78, 5) is 57.5. The van der Waals surface area contributed by atoms with Crippen molar-refractivity contribution in [1.29, 1.82) is 0 Å². The Labute approximate surface area is 264 Å². The minimum absolute atomic E-state index is 0.0774. The molecule has 3 rings (SSSR count). The van der Waals surface area contributed by atoms with Gasteiger partial charge in [0, 0.05) is 36.5 Å². The quantitative estimate of drug-likeness (QED) is 0.156. The Bertz CT molecular complexity index is 1090. The summed E-state index contributed by atoms with van der Waals surface area (Å²) in [5, 5.41) is 12.4. The van der Waals surface area contributed by atoms with Gasteiger partial charge in [0.15, 0.2) is 0 Å². The van der Waals surface area contributed by atoms with Crippen LogP contribution in [0.3, 0.4) is 0 Å². The van der Waals surface area contributed by atoms with E-state index >= 15 is 0 Å². The van der Waals surface area contributed by atoms with Crippen molar-refractivity contribution < 1.29 is 33.8 Å². The molecule has 10 nitrogen and oxygen atoms in total. The Morgan fingerprint density at radius 2 is 1.93 bits per heavy atom. The number of likely N-dealkylation sites (tertiary alicyclic amines) is 1. The highest BCUT2D eigenvalue weighted by molar-refractivity contribution is 9.09. The number of allylic oxidation sites excluding steroid dienone is 1. The van der Waals surface area contributed by atoms with Crippen LogP contribution in [-0.4, -0.2) is 99.1 Å². The topological polar surface area (TPSA) is 125 Å². The summed E-state index contributed by atoms with van der Waals surface area (Å²) in [5.74, 6) is -3.18. The number of aliphatic hydroxyl groups is 1. The van der Waals surface area contributed by atoms with Gasteiger partial charge in [-0.1, -0.05) is 48.9 Å². The van der Waals surface area contributed by atoms with Crippen LogP contribution < -0.4 is 5.32 Å². The van der Waals surface area contributed by atoms with E-state index in [4.69, 9.17) is 9.47 Å². The molecule has 0 aromatic heterocycles. The SMILES string of the molecule is C=CCCC(=O)NC[C@H](C)OC(=O)[C@H]1[C@@H]2O[C@@]3(CC2Br)[C@@H]1C(=O)N(CCCO)[C@@H]3C(=O)N(CC=C)C(C)(C)CC(C)(C)C. The number of hydrogen-bond acceptors (Lipinski definition) is 7. The van der Waals surface area contributed by atoms with Crippen molar-refractivity contribution in [2.24, 2.45) is 17.3 Å². The van der Waals surface area contributed by atoms with Gasteiger partial charge in [-0.05, 0) is 51.9 Å². The number of hydrogen-bond donors (Lipinski definition) is 2. The second-order valence-corrected chi connectivity index (χ2v) is 15.1. The summed E-state index contributed by atoms with van der Waals surface area (Å²) in [6.45, 7) is 20.0. The molecule has 1 spiro atoms. The van der Waals surface area contributed by atoms with Gasteiger partial charge in [0.1, 0.15) is 17.7 Å². The molecule has 3 saturated heterocycles. The summed E-state index contributed by atoms with van der Waals surface area (Å²) in [6.07, 6.45) is 4.26. The van der Waals surface area contributed by atoms with E-state index in [2.05, 4.69) is 55.2 Å². The fraction of sp³-hybridized carbons (Fsp3) is 0.750. The number of rotatable bonds is 15. The van der Waals surface area contributed by atoms with Crippen molar-refractivity contribution >= 4 is 39.6 Å². The van der Waals surface area contributed by atoms with Gasteiger partial charge in [-0.15, -0.1) is 13.2 Å². The van der Waals surface area contributed by atoms with E-state index in [9.17, 15) is 24.3 Å². The number of nitrogens with one attached hydrogen (secondary N) is 1. The van der Waals surface area contributed by atoms with E-state index in [1.165, 1.54) is 4.90 Å². The first-order chi connectivity index (χ1) is 20.0. The van der Waals surface area contributed by atoms with Gasteiger partial charge < -0.3 is 29.7 Å². The lowest BCUT2D eigenvalue weighted by Crippen LogP contribution is -2.61. The van der Waals surface area contributed by atoms with Crippen LogP contribution in [0.25, 0.3) is 0 Å². The van der Waals surface area contributed by atoms with Crippen LogP contribution in [0.1, 0.15) is 73.6 Å². The van der Waals surface area contributed by atoms with Crippen molar-refractivity contribution in [3.8, 4) is 0 Å². The van der Waals surface area contributed by atoms with Gasteiger partial charge in [0.05, 0.1) is 24.5 Å². The summed E-state index contributed by atoms with van der Waals surface area (Å²) < 4.78 is 12.3. The maximum absolute atomic E-state index is 14.7. The number of alkyl halides is 1. The van der Waals surface area contributed by atoms with E-state index in [0.29, 0.717) is 25.7 Å². The van der Waals surface area contributed by atoms with Crippen LogP contribution >= 0.6 is 15.9 Å². The highest BCUT2D eigenvalue weighted by Gasteiger charge is 2.77. The molecule has 7 atom stereocenters.